The molecule has 19 rings (SSSR count). The van der Waals surface area contributed by atoms with Gasteiger partial charge in [0.05, 0.1) is 0 Å². The fourth-order valence-electron chi connectivity index (χ4n) is 18.3. The number of aromatic nitrogens is 3. The van der Waals surface area contributed by atoms with Gasteiger partial charge in [0, 0.05) is 0 Å². The van der Waals surface area contributed by atoms with Gasteiger partial charge < -0.3 is 0 Å². The number of benzene rings is 9. The molecular formula is C78H64BN3SeSi. The third-order valence-corrected chi connectivity index (χ3v) is 28.9. The third-order valence-electron chi connectivity index (χ3n) is 21.5. The van der Waals surface area contributed by atoms with Crippen LogP contribution in [0.5, 0.6) is 0 Å². The Balaban J connectivity index is 0.976. The van der Waals surface area contributed by atoms with Crippen LogP contribution in [0.3, 0.4) is 0 Å². The fraction of sp³-hybridized carbons (Fsp3) is 0.205. The second kappa shape index (κ2) is 18.6. The van der Waals surface area contributed by atoms with Crippen LogP contribution in [-0.4, -0.2) is 43.4 Å². The summed E-state index contributed by atoms with van der Waals surface area (Å²) in [5.41, 5.74) is 29.8. The molecule has 12 aromatic rings. The maximum absolute atomic E-state index is 3.19. The minimum absolute atomic E-state index is 0.0223. The van der Waals surface area contributed by atoms with E-state index in [1.807, 2.05) is 0 Å². The SMILES string of the molecule is c1ccc([Si]2(c3ccccc3)c3cc(-n4c5c(c6ccccc64)CCCC5)ccc3B3c4cc(-n5c6c(c7ccccc75)CCC6)cc(-n5c6c(c7ccccc75)CCC6)c4[Se]c4cc(C5C6=C(CCCCC6)c6ccccc65)cc2c43)cc1. The molecule has 84 heavy (non-hydrogen) atoms. The summed E-state index contributed by atoms with van der Waals surface area (Å²) >= 11 is -0.0375. The molecule has 404 valence electrons. The third kappa shape index (κ3) is 6.65. The summed E-state index contributed by atoms with van der Waals surface area (Å²) in [6.07, 6.45) is 17.9. The van der Waals surface area contributed by atoms with Crippen molar-refractivity contribution in [3.8, 4) is 17.1 Å². The topological polar surface area (TPSA) is 14.8 Å². The van der Waals surface area contributed by atoms with Gasteiger partial charge >= 0.3 is 503 Å². The van der Waals surface area contributed by atoms with Crippen LogP contribution < -0.4 is 46.1 Å². The molecule has 0 spiro atoms. The van der Waals surface area contributed by atoms with Crippen molar-refractivity contribution in [3.63, 3.8) is 0 Å². The molecule has 0 saturated carbocycles. The van der Waals surface area contributed by atoms with Gasteiger partial charge in [-0.05, 0) is 0 Å². The molecule has 1 unspecified atom stereocenters. The summed E-state index contributed by atoms with van der Waals surface area (Å²) in [5, 5.41) is 10.4. The van der Waals surface area contributed by atoms with Crippen LogP contribution in [-0.2, 0) is 38.5 Å². The van der Waals surface area contributed by atoms with Gasteiger partial charge in [0.1, 0.15) is 0 Å². The number of hydrogen-bond acceptors (Lipinski definition) is 0. The Morgan fingerprint density at radius 3 is 1.68 bits per heavy atom. The summed E-state index contributed by atoms with van der Waals surface area (Å²) in [4.78, 5) is 0. The van der Waals surface area contributed by atoms with Gasteiger partial charge in [0.2, 0.25) is 0 Å². The average Bonchev–Trinajstić information content (AvgIpc) is 0.923. The standard InChI is InChI=1S/C78H64BN3SeSi/c1-4-22-52(23-5-1)84(53-24-6-2-7-25-53)74-48-50(80-66-36-16-12-28-56(66)57-29-13-17-37-67(57)80)42-43-64(74)79-65-46-51(81-68-38-18-14-30-58(68)60-34-20-40-69(60)81)47-72(82-70-39-19-15-31-59(70)61-35-21-41-71(61)82)78(65)83-73-44-49(45-75(84)77(73)79)76-62-32-9-3-8-26-54(62)55-27-10-11-33-63(55)76/h1-2,4-7,10-12,14-16,18-19,22-25,27-28,30-31,33,36,38-39,42-48,76H,3,8-9,13,17,20-21,26,29,32,34-35,37,40-41H2. The number of aryl methyl sites for hydroxylation is 3. The summed E-state index contributed by atoms with van der Waals surface area (Å²) in [6.45, 7) is 0.0223. The Morgan fingerprint density at radius 2 is 0.976 bits per heavy atom. The Bertz CT molecular complexity index is 4780. The molecule has 0 bridgehead atoms. The molecule has 0 radical (unpaired) electrons. The van der Waals surface area contributed by atoms with Gasteiger partial charge in [-0.1, -0.05) is 0 Å². The van der Waals surface area contributed by atoms with Crippen molar-refractivity contribution < 1.29 is 0 Å². The Morgan fingerprint density at radius 1 is 0.417 bits per heavy atom. The van der Waals surface area contributed by atoms with Gasteiger partial charge in [-0.3, -0.25) is 0 Å². The number of rotatable bonds is 6. The van der Waals surface area contributed by atoms with Crippen LogP contribution >= 0.6 is 0 Å². The van der Waals surface area contributed by atoms with E-state index < -0.39 is 8.07 Å². The van der Waals surface area contributed by atoms with E-state index in [1.54, 1.807) is 52.6 Å². The molecule has 2 aliphatic heterocycles. The van der Waals surface area contributed by atoms with Gasteiger partial charge in [-0.15, -0.1) is 0 Å². The quantitative estimate of drug-likeness (QED) is 0.147. The molecular weight excluding hydrogens is 1100 g/mol. The van der Waals surface area contributed by atoms with Crippen molar-refractivity contribution in [2.24, 2.45) is 0 Å². The molecule has 7 aliphatic rings. The maximum atomic E-state index is 2.87. The van der Waals surface area contributed by atoms with Crippen LogP contribution in [0.25, 0.3) is 55.3 Å². The molecule has 0 saturated heterocycles. The molecule has 0 fully saturated rings. The second-order valence-corrected chi connectivity index (χ2v) is 31.4. The zero-order valence-corrected chi connectivity index (χ0v) is 50.3. The Hall–Kier alpha value is -7.86. The first-order valence-corrected chi connectivity index (χ1v) is 35.4. The average molecular weight is 1160 g/mol. The molecule has 5 aliphatic carbocycles. The molecule has 9 aromatic carbocycles. The first-order chi connectivity index (χ1) is 41.7. The minimum atomic E-state index is -3.19. The van der Waals surface area contributed by atoms with Gasteiger partial charge in [0.15, 0.2) is 0 Å². The van der Waals surface area contributed by atoms with Crippen LogP contribution in [0.1, 0.15) is 114 Å². The van der Waals surface area contributed by atoms with Crippen molar-refractivity contribution >= 4 is 114 Å². The van der Waals surface area contributed by atoms with E-state index in [0.29, 0.717) is 0 Å². The molecule has 3 aromatic heterocycles. The van der Waals surface area contributed by atoms with Crippen LogP contribution in [0.4, 0.5) is 0 Å². The van der Waals surface area contributed by atoms with Gasteiger partial charge in [-0.25, -0.2) is 0 Å². The molecule has 0 amide bonds. The van der Waals surface area contributed by atoms with E-state index in [1.165, 1.54) is 163 Å². The summed E-state index contributed by atoms with van der Waals surface area (Å²) in [7, 11) is -3.19. The van der Waals surface area contributed by atoms with E-state index in [-0.39, 0.29) is 27.6 Å². The van der Waals surface area contributed by atoms with E-state index in [9.17, 15) is 0 Å². The molecule has 1 atom stereocenters. The molecule has 6 heteroatoms. The summed E-state index contributed by atoms with van der Waals surface area (Å²) in [5.74, 6) is 0.234. The van der Waals surface area contributed by atoms with E-state index in [2.05, 4.69) is 214 Å². The fourth-order valence-corrected chi connectivity index (χ4v) is 26.5. The monoisotopic (exact) mass is 1160 g/mol. The van der Waals surface area contributed by atoms with Crippen molar-refractivity contribution in [2.45, 2.75) is 102 Å². The molecule has 5 heterocycles. The first-order valence-electron chi connectivity index (χ1n) is 31.7. The zero-order valence-electron chi connectivity index (χ0n) is 47.6. The van der Waals surface area contributed by atoms with E-state index >= 15 is 0 Å². The zero-order chi connectivity index (χ0) is 54.8. The normalized spacial score (nSPS) is 17.9. The summed E-state index contributed by atoms with van der Waals surface area (Å²) < 4.78 is 11.4. The first kappa shape index (κ1) is 48.5. The van der Waals surface area contributed by atoms with Crippen LogP contribution in [0, 0.1) is 0 Å². The molecule has 3 nitrogen and oxygen atoms in total. The van der Waals surface area contributed by atoms with Crippen LogP contribution in [0.2, 0.25) is 0 Å². The van der Waals surface area contributed by atoms with E-state index in [4.69, 9.17) is 0 Å². The number of allylic oxidation sites excluding steroid dienone is 2. The van der Waals surface area contributed by atoms with Crippen molar-refractivity contribution in [3.05, 3.63) is 256 Å². The van der Waals surface area contributed by atoms with Crippen LogP contribution in [0.15, 0.2) is 206 Å². The molecule has 0 N–H and O–H groups in total. The van der Waals surface area contributed by atoms with Crippen molar-refractivity contribution in [1.29, 1.82) is 0 Å². The van der Waals surface area contributed by atoms with Gasteiger partial charge in [-0.2, -0.15) is 0 Å². The summed E-state index contributed by atoms with van der Waals surface area (Å²) in [6, 6.07) is 80.9. The predicted molar refractivity (Wildman–Crippen MR) is 356 cm³/mol. The second-order valence-electron chi connectivity index (χ2n) is 25.5. The van der Waals surface area contributed by atoms with Gasteiger partial charge in [0.25, 0.3) is 0 Å². The van der Waals surface area contributed by atoms with Crippen molar-refractivity contribution in [2.75, 3.05) is 0 Å². The number of nitrogens with zero attached hydrogens (tertiary/aromatic N) is 3. The number of fused-ring (bicyclic) bond motifs is 15. The number of para-hydroxylation sites is 3. The Labute approximate surface area is 500 Å². The number of hydrogen-bond donors (Lipinski definition) is 0. The van der Waals surface area contributed by atoms with E-state index in [0.717, 1.165) is 38.5 Å². The predicted octanol–water partition coefficient (Wildman–Crippen LogP) is 11.4. The van der Waals surface area contributed by atoms with Crippen molar-refractivity contribution in [1.82, 2.24) is 13.7 Å². The Kier molecular flexibility index (Phi) is 10.7.